The number of aliphatic hydroxyl groups is 2. The van der Waals surface area contributed by atoms with Gasteiger partial charge in [-0.3, -0.25) is 19.0 Å². The van der Waals surface area contributed by atoms with E-state index >= 15 is 0 Å². The summed E-state index contributed by atoms with van der Waals surface area (Å²) in [7, 11) is -7.51. The first-order valence-corrected chi connectivity index (χ1v) is 16.3. The van der Waals surface area contributed by atoms with Crippen molar-refractivity contribution in [1.82, 2.24) is 24.4 Å². The van der Waals surface area contributed by atoms with Crippen molar-refractivity contribution in [3.05, 3.63) is 11.6 Å². The Labute approximate surface area is 232 Å². The fourth-order valence-corrected chi connectivity index (χ4v) is 8.19. The lowest BCUT2D eigenvalue weighted by Crippen LogP contribution is -2.43. The number of fused-ring (bicyclic) bond motifs is 3. The molecule has 3 aliphatic rings. The number of nitrogens with zero attached hydrogens (tertiary/aromatic N) is 5. The molecule has 3 saturated heterocycles. The van der Waals surface area contributed by atoms with Crippen LogP contribution in [-0.4, -0.2) is 111 Å². The highest BCUT2D eigenvalue weighted by molar-refractivity contribution is 7.70. The van der Waals surface area contributed by atoms with Gasteiger partial charge in [-0.05, 0) is 31.5 Å². The molecular formula is C20H29ClN6O11P2. The van der Waals surface area contributed by atoms with Gasteiger partial charge < -0.3 is 43.8 Å². The summed E-state index contributed by atoms with van der Waals surface area (Å²) in [6.45, 7) is -0.762. The van der Waals surface area contributed by atoms with Crippen molar-refractivity contribution in [2.24, 2.45) is 0 Å². The largest absolute Gasteiger partial charge is 0.446 e. The van der Waals surface area contributed by atoms with Crippen LogP contribution in [0.3, 0.4) is 0 Å². The molecule has 0 aromatic carbocycles. The minimum Gasteiger partial charge on any atom is -0.446 e. The first-order valence-electron chi connectivity index (χ1n) is 12.3. The van der Waals surface area contributed by atoms with Crippen LogP contribution in [0.1, 0.15) is 31.9 Å². The van der Waals surface area contributed by atoms with Crippen LogP contribution in [0.4, 0.5) is 10.6 Å². The zero-order chi connectivity index (χ0) is 29.0. The monoisotopic (exact) mass is 626 g/mol. The Bertz CT molecular complexity index is 1360. The summed E-state index contributed by atoms with van der Waals surface area (Å²) in [6.07, 6.45) is -2.11. The average Bonchev–Trinajstić information content (AvgIpc) is 3.42. The van der Waals surface area contributed by atoms with Crippen LogP contribution in [0.5, 0.6) is 0 Å². The topological polar surface area (TPSA) is 239 Å². The number of nitrogens with one attached hydrogen (secondary N) is 1. The van der Waals surface area contributed by atoms with E-state index in [1.807, 2.05) is 0 Å². The number of aliphatic hydroxyl groups excluding tert-OH is 2. The zero-order valence-electron chi connectivity index (χ0n) is 21.1. The van der Waals surface area contributed by atoms with E-state index < -0.39 is 58.3 Å². The molecule has 2 aromatic heterocycles. The molecule has 1 amide bonds. The molecule has 17 nitrogen and oxygen atoms in total. The van der Waals surface area contributed by atoms with Gasteiger partial charge in [-0.1, -0.05) is 0 Å². The van der Waals surface area contributed by atoms with E-state index in [0.29, 0.717) is 12.1 Å². The van der Waals surface area contributed by atoms with Crippen LogP contribution in [-0.2, 0) is 23.1 Å². The van der Waals surface area contributed by atoms with E-state index in [-0.39, 0.29) is 28.4 Å². The van der Waals surface area contributed by atoms with Crippen molar-refractivity contribution in [2.75, 3.05) is 24.9 Å². The van der Waals surface area contributed by atoms with Gasteiger partial charge in [-0.15, -0.1) is 0 Å². The number of anilines is 1. The number of piperidine rings is 1. The van der Waals surface area contributed by atoms with E-state index in [9.17, 15) is 29.0 Å². The number of ether oxygens (including phenoxy) is 2. The Kier molecular flexibility index (Phi) is 8.29. The molecule has 0 spiro atoms. The lowest BCUT2D eigenvalue weighted by atomic mass is 10.0. The predicted octanol–water partition coefficient (Wildman–Crippen LogP) is 0.610. The average molecular weight is 627 g/mol. The summed E-state index contributed by atoms with van der Waals surface area (Å²) in [6, 6.07) is 0.732. The molecule has 222 valence electrons. The highest BCUT2D eigenvalue weighted by Gasteiger charge is 2.46. The molecule has 6 N–H and O–H groups in total. The fourth-order valence-electron chi connectivity index (χ4n) is 5.46. The summed E-state index contributed by atoms with van der Waals surface area (Å²) in [5.74, 6) is -1.48. The van der Waals surface area contributed by atoms with Gasteiger partial charge >= 0.3 is 21.3 Å². The van der Waals surface area contributed by atoms with Crippen LogP contribution in [0.15, 0.2) is 6.33 Å². The van der Waals surface area contributed by atoms with Gasteiger partial charge in [-0.25, -0.2) is 9.78 Å². The van der Waals surface area contributed by atoms with Crippen molar-refractivity contribution in [1.29, 1.82) is 0 Å². The highest BCUT2D eigenvalue weighted by atomic mass is 35.5. The maximum atomic E-state index is 12.7. The van der Waals surface area contributed by atoms with Crippen LogP contribution in [0.2, 0.25) is 5.28 Å². The van der Waals surface area contributed by atoms with E-state index in [2.05, 4.69) is 32.2 Å². The number of rotatable bonds is 8. The maximum absolute atomic E-state index is 12.7. The third-order valence-corrected chi connectivity index (χ3v) is 11.0. The van der Waals surface area contributed by atoms with E-state index in [1.165, 1.54) is 10.9 Å². The summed E-state index contributed by atoms with van der Waals surface area (Å²) in [4.78, 5) is 54.9. The van der Waals surface area contributed by atoms with Gasteiger partial charge in [0.25, 0.3) is 0 Å². The molecule has 5 heterocycles. The third-order valence-electron chi connectivity index (χ3n) is 7.36. The maximum Gasteiger partial charge on any atom is 0.413 e. The number of hydrogen-bond donors (Lipinski definition) is 6. The molecule has 2 aromatic rings. The van der Waals surface area contributed by atoms with E-state index in [1.54, 1.807) is 0 Å². The number of amides is 1. The first-order chi connectivity index (χ1) is 18.7. The van der Waals surface area contributed by atoms with Crippen LogP contribution >= 0.6 is 26.8 Å². The van der Waals surface area contributed by atoms with Gasteiger partial charge in [0.15, 0.2) is 29.1 Å². The number of carbonyl (C=O) groups is 1. The lowest BCUT2D eigenvalue weighted by Gasteiger charge is -2.35. The molecule has 0 saturated carbocycles. The van der Waals surface area contributed by atoms with Crippen molar-refractivity contribution < 1.29 is 52.8 Å². The van der Waals surface area contributed by atoms with Gasteiger partial charge in [-0.2, -0.15) is 9.97 Å². The molecule has 0 aliphatic carbocycles. The molecule has 40 heavy (non-hydrogen) atoms. The Balaban J connectivity index is 1.28. The molecule has 0 radical (unpaired) electrons. The summed E-state index contributed by atoms with van der Waals surface area (Å²) < 4.78 is 40.2. The molecule has 20 heteroatoms. The summed E-state index contributed by atoms with van der Waals surface area (Å²) >= 11 is 6.09. The van der Waals surface area contributed by atoms with E-state index in [0.717, 1.165) is 25.7 Å². The quantitative estimate of drug-likeness (QED) is 0.174. The first kappa shape index (κ1) is 29.7. The Hall–Kier alpha value is -1.75. The van der Waals surface area contributed by atoms with E-state index in [4.69, 9.17) is 35.4 Å². The molecule has 3 fully saturated rings. The number of aromatic nitrogens is 4. The molecular weight excluding hydrogens is 598 g/mol. The number of imidazole rings is 1. The molecule has 5 rings (SSSR count). The van der Waals surface area contributed by atoms with Crippen molar-refractivity contribution in [3.63, 3.8) is 0 Å². The number of hydrogen-bond acceptors (Lipinski definition) is 12. The van der Waals surface area contributed by atoms with Crippen molar-refractivity contribution in [2.45, 2.75) is 68.4 Å². The SMILES string of the molecule is CN1[C@@H]2CC[C@H]1CC(OC(=O)Nc1nc(Cl)nc3c1ncn3[C@@H]1O[C@H](COP(=O)(O)CP(=O)(O)O)C(O)[C@@H]1O)C2. The highest BCUT2D eigenvalue weighted by Crippen LogP contribution is 2.55. The Morgan fingerprint density at radius 1 is 1.18 bits per heavy atom. The fraction of sp³-hybridized carbons (Fsp3) is 0.700. The van der Waals surface area contributed by atoms with Crippen LogP contribution in [0, 0.1) is 0 Å². The van der Waals surface area contributed by atoms with Gasteiger partial charge in [0.1, 0.15) is 24.4 Å². The minimum atomic E-state index is -4.86. The van der Waals surface area contributed by atoms with Crippen LogP contribution < -0.4 is 5.32 Å². The molecule has 2 bridgehead atoms. The Morgan fingerprint density at radius 3 is 2.50 bits per heavy atom. The van der Waals surface area contributed by atoms with Gasteiger partial charge in [0.2, 0.25) is 5.28 Å². The second kappa shape index (κ2) is 11.2. The smallest absolute Gasteiger partial charge is 0.413 e. The number of carbonyl (C=O) groups excluding carboxylic acids is 1. The minimum absolute atomic E-state index is 0.0276. The standard InChI is InChI=1S/C20H29ClN6O11P2/c1-26-9-2-3-10(26)5-11(4-9)37-20(30)24-16-13-17(25-19(21)23-16)27(7-22-13)18-15(29)14(28)12(38-18)6-36-40(34,35)8-39(31,32)33/h7,9-12,14-15,18,28-29H,2-6,8H2,1H3,(H,34,35)(H2,31,32,33)(H,23,24,25,30)/t9-,10+,11?,12-,14?,15+,18-/m1/s1. The second-order valence-electron chi connectivity index (χ2n) is 10.1. The summed E-state index contributed by atoms with van der Waals surface area (Å²) in [5.41, 5.74) is 0.107. The normalized spacial score (nSPS) is 32.3. The predicted molar refractivity (Wildman–Crippen MR) is 137 cm³/mol. The second-order valence-corrected chi connectivity index (χ2v) is 14.5. The zero-order valence-corrected chi connectivity index (χ0v) is 23.6. The van der Waals surface area contributed by atoms with Crippen molar-refractivity contribution >= 4 is 49.9 Å². The van der Waals surface area contributed by atoms with Gasteiger partial charge in [0, 0.05) is 24.9 Å². The molecule has 8 atom stereocenters. The number of halogens is 1. The third kappa shape index (κ3) is 6.35. The lowest BCUT2D eigenvalue weighted by molar-refractivity contribution is -0.0483. The molecule has 3 aliphatic heterocycles. The van der Waals surface area contributed by atoms with Crippen molar-refractivity contribution in [3.8, 4) is 0 Å². The van der Waals surface area contributed by atoms with Crippen LogP contribution in [0.25, 0.3) is 11.2 Å². The summed E-state index contributed by atoms with van der Waals surface area (Å²) in [5, 5.41) is 23.3. The van der Waals surface area contributed by atoms with Gasteiger partial charge in [0.05, 0.1) is 12.9 Å². The molecule has 3 unspecified atom stereocenters. The Morgan fingerprint density at radius 2 is 1.85 bits per heavy atom.